The fourth-order valence-corrected chi connectivity index (χ4v) is 2.61. The van der Waals surface area contributed by atoms with Crippen molar-refractivity contribution in [3.8, 4) is 0 Å². The van der Waals surface area contributed by atoms with Crippen molar-refractivity contribution in [2.24, 2.45) is 0 Å². The highest BCUT2D eigenvalue weighted by Gasteiger charge is 2.34. The van der Waals surface area contributed by atoms with Crippen LogP contribution in [0, 0.1) is 6.92 Å². The molecule has 2 atom stereocenters. The number of nitrogens with zero attached hydrogens (tertiary/aromatic N) is 2. The molecule has 2 aromatic rings. The fraction of sp³-hybridized carbons (Fsp3) is 0.333. The summed E-state index contributed by atoms with van der Waals surface area (Å²) in [6, 6.07) is 11.1. The van der Waals surface area contributed by atoms with Crippen molar-refractivity contribution in [3.63, 3.8) is 0 Å². The maximum atomic E-state index is 12.5. The van der Waals surface area contributed by atoms with Gasteiger partial charge in [0.1, 0.15) is 6.04 Å². The van der Waals surface area contributed by atoms with Crippen LogP contribution in [0.2, 0.25) is 0 Å². The number of carbonyl (C=O) groups is 1. The van der Waals surface area contributed by atoms with E-state index in [9.17, 15) is 4.79 Å². The summed E-state index contributed by atoms with van der Waals surface area (Å²) in [6.45, 7) is 4.76. The van der Waals surface area contributed by atoms with Crippen molar-refractivity contribution in [1.29, 1.82) is 0 Å². The van der Waals surface area contributed by atoms with Crippen LogP contribution < -0.4 is 21.7 Å². The Hall–Kier alpha value is -2.22. The number of hydrogen-bond acceptors (Lipinski definition) is 5. The highest BCUT2D eigenvalue weighted by Crippen LogP contribution is 2.20. The van der Waals surface area contributed by atoms with Crippen LogP contribution in [0.25, 0.3) is 0 Å². The van der Waals surface area contributed by atoms with Crippen LogP contribution in [0.5, 0.6) is 0 Å². The minimum atomic E-state index is -0.422. The first-order chi connectivity index (χ1) is 10.7. The van der Waals surface area contributed by atoms with Crippen molar-refractivity contribution in [3.05, 3.63) is 47.7 Å². The van der Waals surface area contributed by atoms with Gasteiger partial charge >= 0.3 is 0 Å². The maximum absolute atomic E-state index is 12.5. The number of hydrogen-bond donors (Lipinski definition) is 4. The van der Waals surface area contributed by atoms with Gasteiger partial charge in [-0.2, -0.15) is 10.6 Å². The van der Waals surface area contributed by atoms with Crippen molar-refractivity contribution < 1.29 is 4.79 Å². The summed E-state index contributed by atoms with van der Waals surface area (Å²) in [4.78, 5) is 12.5. The van der Waals surface area contributed by atoms with Gasteiger partial charge in [0.25, 0.3) is 0 Å². The molecule has 22 heavy (non-hydrogen) atoms. The summed E-state index contributed by atoms with van der Waals surface area (Å²) in [5.74, 6) is 0.442. The molecule has 0 radical (unpaired) electrons. The maximum Gasteiger partial charge on any atom is 0.246 e. The third kappa shape index (κ3) is 2.87. The summed E-state index contributed by atoms with van der Waals surface area (Å²) in [5, 5.41) is 7.22. The van der Waals surface area contributed by atoms with E-state index in [4.69, 9.17) is 0 Å². The molecule has 1 aromatic carbocycles. The molecular formula is C15H20N6O. The van der Waals surface area contributed by atoms with Crippen LogP contribution in [0.3, 0.4) is 0 Å². The number of benzene rings is 1. The zero-order chi connectivity index (χ0) is 15.5. The molecule has 1 amide bonds. The zero-order valence-corrected chi connectivity index (χ0v) is 12.6. The van der Waals surface area contributed by atoms with Gasteiger partial charge in [-0.25, -0.2) is 10.9 Å². The third-order valence-corrected chi connectivity index (χ3v) is 3.76. The largest absolute Gasteiger partial charge is 0.308 e. The molecule has 0 saturated carbocycles. The Balaban J connectivity index is 1.73. The van der Waals surface area contributed by atoms with Crippen molar-refractivity contribution in [1.82, 2.24) is 26.2 Å². The second-order valence-corrected chi connectivity index (χ2v) is 5.26. The fourth-order valence-electron chi connectivity index (χ4n) is 2.61. The predicted octanol–water partition coefficient (Wildman–Crippen LogP) is 0.872. The number of anilines is 1. The molecule has 4 N–H and O–H groups in total. The summed E-state index contributed by atoms with van der Waals surface area (Å²) < 4.78 is 1.85. The first-order valence-electron chi connectivity index (χ1n) is 7.35. The van der Waals surface area contributed by atoms with Gasteiger partial charge in [-0.15, -0.1) is 0 Å². The molecule has 1 aliphatic rings. The van der Waals surface area contributed by atoms with Gasteiger partial charge < -0.3 is 5.32 Å². The molecule has 7 nitrogen and oxygen atoms in total. The third-order valence-electron chi connectivity index (χ3n) is 3.76. The molecule has 2 heterocycles. The Morgan fingerprint density at radius 1 is 1.32 bits per heavy atom. The molecule has 116 valence electrons. The molecule has 0 spiro atoms. The molecule has 3 rings (SSSR count). The Morgan fingerprint density at radius 3 is 2.77 bits per heavy atom. The highest BCUT2D eigenvalue weighted by atomic mass is 16.2. The van der Waals surface area contributed by atoms with Crippen molar-refractivity contribution >= 4 is 11.7 Å². The minimum absolute atomic E-state index is 0.132. The smallest absolute Gasteiger partial charge is 0.246 e. The summed E-state index contributed by atoms with van der Waals surface area (Å²) in [7, 11) is 0. The second-order valence-electron chi connectivity index (χ2n) is 5.26. The van der Waals surface area contributed by atoms with Crippen LogP contribution in [0.1, 0.15) is 24.2 Å². The minimum Gasteiger partial charge on any atom is -0.308 e. The van der Waals surface area contributed by atoms with Crippen LogP contribution in [-0.4, -0.2) is 21.7 Å². The number of nitrogens with one attached hydrogen (secondary N) is 4. The molecule has 1 aromatic heterocycles. The van der Waals surface area contributed by atoms with E-state index in [-0.39, 0.29) is 11.9 Å². The molecule has 1 fully saturated rings. The number of aromatic nitrogens is 2. The van der Waals surface area contributed by atoms with Gasteiger partial charge in [-0.05, 0) is 19.4 Å². The molecule has 0 bridgehead atoms. The van der Waals surface area contributed by atoms with Gasteiger partial charge in [-0.1, -0.05) is 30.3 Å². The van der Waals surface area contributed by atoms with Crippen LogP contribution >= 0.6 is 0 Å². The SMILES string of the molecule is CCn1nc(NC(=O)C2NNNC2c2ccccc2)cc1C. The zero-order valence-electron chi connectivity index (χ0n) is 12.6. The van der Waals surface area contributed by atoms with Gasteiger partial charge in [0.05, 0.1) is 6.04 Å². The number of hydrazine groups is 2. The van der Waals surface area contributed by atoms with Crippen molar-refractivity contribution in [2.75, 3.05) is 5.32 Å². The number of carbonyl (C=O) groups excluding carboxylic acids is 1. The van der Waals surface area contributed by atoms with Crippen molar-refractivity contribution in [2.45, 2.75) is 32.5 Å². The lowest BCUT2D eigenvalue weighted by molar-refractivity contribution is -0.118. The first kappa shape index (κ1) is 14.7. The Morgan fingerprint density at radius 2 is 2.09 bits per heavy atom. The standard InChI is InChI=1S/C15H20N6O/c1-3-21-10(2)9-12(19-21)16-15(22)14-13(17-20-18-14)11-7-5-4-6-8-11/h4-9,13-14,17-18,20H,3H2,1-2H3,(H,16,19,22). The molecule has 7 heteroatoms. The topological polar surface area (TPSA) is 83.0 Å². The quantitative estimate of drug-likeness (QED) is 0.673. The first-order valence-corrected chi connectivity index (χ1v) is 7.35. The van der Waals surface area contributed by atoms with Crippen LogP contribution in [0.15, 0.2) is 36.4 Å². The molecule has 1 saturated heterocycles. The number of aryl methyl sites for hydroxylation is 2. The van der Waals surface area contributed by atoms with E-state index < -0.39 is 6.04 Å². The molecular weight excluding hydrogens is 280 g/mol. The number of rotatable bonds is 4. The van der Waals surface area contributed by atoms with Crippen LogP contribution in [0.4, 0.5) is 5.82 Å². The van der Waals surface area contributed by atoms with E-state index >= 15 is 0 Å². The van der Waals surface area contributed by atoms with Gasteiger partial charge in [0.2, 0.25) is 5.91 Å². The summed E-state index contributed by atoms with van der Waals surface area (Å²) >= 11 is 0. The number of amides is 1. The Bertz CT molecular complexity index is 653. The van der Waals surface area contributed by atoms with E-state index in [1.165, 1.54) is 0 Å². The average molecular weight is 300 g/mol. The summed E-state index contributed by atoms with van der Waals surface area (Å²) in [5.41, 5.74) is 10.9. The van der Waals surface area contributed by atoms with Gasteiger partial charge in [0, 0.05) is 18.3 Å². The lowest BCUT2D eigenvalue weighted by Gasteiger charge is -2.17. The van der Waals surface area contributed by atoms with E-state index in [1.807, 2.05) is 54.9 Å². The summed E-state index contributed by atoms with van der Waals surface area (Å²) in [6.07, 6.45) is 0. The Kier molecular flexibility index (Phi) is 4.19. The van der Waals surface area contributed by atoms with E-state index in [0.717, 1.165) is 17.8 Å². The lowest BCUT2D eigenvalue weighted by atomic mass is 10.0. The average Bonchev–Trinajstić information content (AvgIpc) is 3.14. The van der Waals surface area contributed by atoms with Crippen LogP contribution in [-0.2, 0) is 11.3 Å². The predicted molar refractivity (Wildman–Crippen MR) is 83.6 cm³/mol. The molecule has 0 aliphatic carbocycles. The molecule has 1 aliphatic heterocycles. The van der Waals surface area contributed by atoms with E-state index in [1.54, 1.807) is 0 Å². The Labute approximate surface area is 129 Å². The van der Waals surface area contributed by atoms with Gasteiger partial charge in [-0.3, -0.25) is 9.48 Å². The van der Waals surface area contributed by atoms with E-state index in [0.29, 0.717) is 5.82 Å². The second kappa shape index (κ2) is 6.27. The lowest BCUT2D eigenvalue weighted by Crippen LogP contribution is -2.41. The highest BCUT2D eigenvalue weighted by molar-refractivity contribution is 5.95. The normalized spacial score (nSPS) is 21.0. The van der Waals surface area contributed by atoms with E-state index in [2.05, 4.69) is 26.8 Å². The monoisotopic (exact) mass is 300 g/mol. The van der Waals surface area contributed by atoms with Gasteiger partial charge in [0.15, 0.2) is 5.82 Å². The molecule has 2 unspecified atom stereocenters.